The zero-order valence-electron chi connectivity index (χ0n) is 15.9. The first-order valence-corrected chi connectivity index (χ1v) is 8.93. The second-order valence-corrected chi connectivity index (χ2v) is 6.52. The fraction of sp³-hybridized carbons (Fsp3) is 0.105. The molecule has 0 atom stereocenters. The number of aromatic nitrogens is 2. The largest absolute Gasteiger partial charge is 0.495 e. The summed E-state index contributed by atoms with van der Waals surface area (Å²) in [6, 6.07) is 10.1. The van der Waals surface area contributed by atoms with Crippen molar-refractivity contribution in [2.75, 3.05) is 7.11 Å². The van der Waals surface area contributed by atoms with Crippen LogP contribution in [0.25, 0.3) is 5.69 Å². The molecule has 11 heteroatoms. The Balaban J connectivity index is 1.82. The first-order valence-electron chi connectivity index (χ1n) is 8.55. The van der Waals surface area contributed by atoms with Crippen molar-refractivity contribution >= 4 is 29.4 Å². The molecule has 0 aliphatic carbocycles. The van der Waals surface area contributed by atoms with Crippen molar-refractivity contribution in [2.45, 2.75) is 6.92 Å². The topological polar surface area (TPSA) is 132 Å². The van der Waals surface area contributed by atoms with E-state index in [1.165, 1.54) is 36.2 Å². The molecule has 0 saturated heterocycles. The van der Waals surface area contributed by atoms with E-state index in [9.17, 15) is 19.7 Å². The monoisotopic (exact) mass is 429 g/mol. The molecule has 1 amide bonds. The van der Waals surface area contributed by atoms with E-state index in [4.69, 9.17) is 16.3 Å². The van der Waals surface area contributed by atoms with Gasteiger partial charge in [-0.3, -0.25) is 24.8 Å². The average Bonchev–Trinajstić information content (AvgIpc) is 3.02. The number of H-pyrrole nitrogens is 1. The first kappa shape index (κ1) is 20.8. The van der Waals surface area contributed by atoms with E-state index in [0.29, 0.717) is 22.2 Å². The lowest BCUT2D eigenvalue weighted by Gasteiger charge is -2.06. The van der Waals surface area contributed by atoms with Crippen LogP contribution in [0.2, 0.25) is 5.02 Å². The summed E-state index contributed by atoms with van der Waals surface area (Å²) < 4.78 is 6.45. The smallest absolute Gasteiger partial charge is 0.280 e. The molecule has 0 bridgehead atoms. The Morgan fingerprint density at radius 2 is 2.10 bits per heavy atom. The quantitative estimate of drug-likeness (QED) is 0.353. The highest BCUT2D eigenvalue weighted by molar-refractivity contribution is 6.32. The molecule has 1 heterocycles. The van der Waals surface area contributed by atoms with Crippen LogP contribution in [0.5, 0.6) is 5.75 Å². The summed E-state index contributed by atoms with van der Waals surface area (Å²) in [5.41, 5.74) is 2.95. The number of ether oxygens (including phenoxy) is 1. The van der Waals surface area contributed by atoms with Gasteiger partial charge in [-0.15, -0.1) is 0 Å². The number of nitro benzene ring substituents is 1. The number of methoxy groups -OCH3 is 1. The van der Waals surface area contributed by atoms with E-state index in [1.54, 1.807) is 25.1 Å². The third kappa shape index (κ3) is 4.23. The Labute approximate surface area is 174 Å². The van der Waals surface area contributed by atoms with Gasteiger partial charge < -0.3 is 4.74 Å². The van der Waals surface area contributed by atoms with Gasteiger partial charge in [0.05, 0.1) is 34.5 Å². The number of non-ortho nitro benzene ring substituents is 1. The minimum atomic E-state index is -0.647. The number of aryl methyl sites for hydroxylation is 1. The summed E-state index contributed by atoms with van der Waals surface area (Å²) in [5.74, 6) is -0.237. The first-order chi connectivity index (χ1) is 14.3. The number of amides is 1. The fourth-order valence-electron chi connectivity index (χ4n) is 2.66. The van der Waals surface area contributed by atoms with Crippen LogP contribution in [0.4, 0.5) is 5.69 Å². The molecule has 0 aliphatic rings. The molecule has 3 aromatic rings. The number of hydrogen-bond acceptors (Lipinski definition) is 6. The van der Waals surface area contributed by atoms with Crippen LogP contribution in [-0.4, -0.2) is 33.9 Å². The molecule has 0 spiro atoms. The van der Waals surface area contributed by atoms with Crippen LogP contribution in [-0.2, 0) is 0 Å². The zero-order valence-corrected chi connectivity index (χ0v) is 16.6. The van der Waals surface area contributed by atoms with Gasteiger partial charge in [0, 0.05) is 29.5 Å². The molecule has 1 aromatic heterocycles. The van der Waals surface area contributed by atoms with E-state index < -0.39 is 16.4 Å². The second-order valence-electron chi connectivity index (χ2n) is 6.12. The van der Waals surface area contributed by atoms with Crippen molar-refractivity contribution in [1.82, 2.24) is 15.2 Å². The van der Waals surface area contributed by atoms with E-state index in [2.05, 4.69) is 15.6 Å². The molecule has 2 N–H and O–H groups in total. The van der Waals surface area contributed by atoms with E-state index in [-0.39, 0.29) is 16.8 Å². The summed E-state index contributed by atoms with van der Waals surface area (Å²) in [7, 11) is 1.47. The summed E-state index contributed by atoms with van der Waals surface area (Å²) in [5, 5.41) is 17.9. The molecule has 0 aliphatic heterocycles. The van der Waals surface area contributed by atoms with Crippen molar-refractivity contribution in [3.05, 3.63) is 84.8 Å². The van der Waals surface area contributed by atoms with Crippen LogP contribution >= 0.6 is 11.6 Å². The molecule has 3 rings (SSSR count). The lowest BCUT2D eigenvalue weighted by molar-refractivity contribution is -0.384. The van der Waals surface area contributed by atoms with Crippen LogP contribution in [0, 0.1) is 17.0 Å². The number of nitrogens with one attached hydrogen (secondary N) is 2. The molecule has 0 unspecified atom stereocenters. The number of carbonyl (C=O) groups is 1. The third-order valence-electron chi connectivity index (χ3n) is 4.19. The number of nitrogens with zero attached hydrogens (tertiary/aromatic N) is 3. The number of benzene rings is 2. The zero-order chi connectivity index (χ0) is 21.8. The van der Waals surface area contributed by atoms with Gasteiger partial charge in [-0.25, -0.2) is 10.1 Å². The summed E-state index contributed by atoms with van der Waals surface area (Å²) in [6.45, 7) is 1.68. The predicted octanol–water partition coefficient (Wildman–Crippen LogP) is 2.81. The van der Waals surface area contributed by atoms with Gasteiger partial charge >= 0.3 is 0 Å². The fourth-order valence-corrected chi connectivity index (χ4v) is 2.86. The number of carbonyl (C=O) groups excluding carboxylic acids is 1. The summed E-state index contributed by atoms with van der Waals surface area (Å²) in [4.78, 5) is 35.1. The molecular weight excluding hydrogens is 414 g/mol. The predicted molar refractivity (Wildman–Crippen MR) is 111 cm³/mol. The third-order valence-corrected chi connectivity index (χ3v) is 4.50. The molecule has 0 saturated carbocycles. The number of rotatable bonds is 6. The van der Waals surface area contributed by atoms with Gasteiger partial charge in [-0.2, -0.15) is 5.10 Å². The highest BCUT2D eigenvalue weighted by Crippen LogP contribution is 2.26. The Hall–Kier alpha value is -3.92. The molecular formula is C19H16ClN5O5. The van der Waals surface area contributed by atoms with Crippen LogP contribution in [0.1, 0.15) is 21.6 Å². The number of hydrazone groups is 1. The molecule has 30 heavy (non-hydrogen) atoms. The minimum Gasteiger partial charge on any atom is -0.495 e. The lowest BCUT2D eigenvalue weighted by atomic mass is 10.2. The summed E-state index contributed by atoms with van der Waals surface area (Å²) >= 11 is 6.01. The Bertz CT molecular complexity index is 1210. The molecule has 0 fully saturated rings. The van der Waals surface area contributed by atoms with Gasteiger partial charge in [0.15, 0.2) is 0 Å². The standard InChI is InChI=1S/C19H16ClN5O5/c1-11-15(10-21-22-18(26)12-4-3-5-14(8-12)25(28)29)19(27)24(23-11)13-6-7-16(20)17(9-13)30-2/h3-10,23H,1-2H3,(H,22,26). The van der Waals surface area contributed by atoms with Gasteiger partial charge in [-0.05, 0) is 25.1 Å². The highest BCUT2D eigenvalue weighted by atomic mass is 35.5. The number of nitro groups is 1. The second kappa shape index (κ2) is 8.62. The molecule has 154 valence electrons. The Morgan fingerprint density at radius 1 is 1.33 bits per heavy atom. The number of hydrogen-bond donors (Lipinski definition) is 2. The van der Waals surface area contributed by atoms with Crippen molar-refractivity contribution in [2.24, 2.45) is 5.10 Å². The SMILES string of the molecule is COc1cc(-n2[nH]c(C)c(C=NNC(=O)c3cccc([N+](=O)[O-])c3)c2=O)ccc1Cl. The molecule has 10 nitrogen and oxygen atoms in total. The van der Waals surface area contributed by atoms with Crippen LogP contribution in [0.3, 0.4) is 0 Å². The van der Waals surface area contributed by atoms with Gasteiger partial charge in [0.2, 0.25) is 0 Å². The van der Waals surface area contributed by atoms with Crippen LogP contribution in [0.15, 0.2) is 52.4 Å². The normalized spacial score (nSPS) is 10.9. The highest BCUT2D eigenvalue weighted by Gasteiger charge is 2.14. The average molecular weight is 430 g/mol. The number of aromatic amines is 1. The maximum Gasteiger partial charge on any atom is 0.280 e. The number of halogens is 1. The van der Waals surface area contributed by atoms with Gasteiger partial charge in [0.1, 0.15) is 5.75 Å². The Morgan fingerprint density at radius 3 is 2.80 bits per heavy atom. The van der Waals surface area contributed by atoms with E-state index >= 15 is 0 Å². The minimum absolute atomic E-state index is 0.0674. The van der Waals surface area contributed by atoms with Gasteiger partial charge in [0.25, 0.3) is 17.2 Å². The Kier molecular flexibility index (Phi) is 5.98. The van der Waals surface area contributed by atoms with Gasteiger partial charge in [-0.1, -0.05) is 17.7 Å². The maximum atomic E-state index is 12.7. The lowest BCUT2D eigenvalue weighted by Crippen LogP contribution is -2.20. The van der Waals surface area contributed by atoms with Crippen molar-refractivity contribution < 1.29 is 14.5 Å². The van der Waals surface area contributed by atoms with Crippen molar-refractivity contribution in [3.63, 3.8) is 0 Å². The maximum absolute atomic E-state index is 12.7. The van der Waals surface area contributed by atoms with Crippen LogP contribution < -0.4 is 15.7 Å². The summed E-state index contributed by atoms with van der Waals surface area (Å²) in [6.07, 6.45) is 1.20. The van der Waals surface area contributed by atoms with E-state index in [0.717, 1.165) is 6.07 Å². The molecule has 2 aromatic carbocycles. The van der Waals surface area contributed by atoms with Crippen molar-refractivity contribution in [3.8, 4) is 11.4 Å². The molecule has 0 radical (unpaired) electrons. The van der Waals surface area contributed by atoms with Crippen molar-refractivity contribution in [1.29, 1.82) is 0 Å². The van der Waals surface area contributed by atoms with E-state index in [1.807, 2.05) is 0 Å².